The van der Waals surface area contributed by atoms with Gasteiger partial charge in [-0.3, -0.25) is 14.6 Å². The standard InChI is InChI=1S/C21H27N5O2/c27-19-4-7-21(15-26(19)10-5-18-13-23-16-24-18)6-2-9-25(14-21)20(28)11-17-3-1-8-22-12-17/h1,3,8,12-13,16H,2,4-7,9-11,14-15H2,(H,23,24)/t21-/m1/s1. The Balaban J connectivity index is 1.38. The maximum atomic E-state index is 12.8. The third-order valence-corrected chi connectivity index (χ3v) is 6.05. The molecule has 2 fully saturated rings. The average Bonchev–Trinajstić information content (AvgIpc) is 3.23. The molecule has 1 atom stereocenters. The molecule has 0 aromatic carbocycles. The summed E-state index contributed by atoms with van der Waals surface area (Å²) < 4.78 is 0. The van der Waals surface area contributed by atoms with Crippen LogP contribution in [0.2, 0.25) is 0 Å². The lowest BCUT2D eigenvalue weighted by molar-refractivity contribution is -0.142. The molecule has 4 rings (SSSR count). The van der Waals surface area contributed by atoms with Gasteiger partial charge in [0.2, 0.25) is 11.8 Å². The number of amides is 2. The van der Waals surface area contributed by atoms with Crippen LogP contribution in [0, 0.1) is 5.41 Å². The van der Waals surface area contributed by atoms with Crippen LogP contribution in [-0.4, -0.2) is 62.7 Å². The van der Waals surface area contributed by atoms with Gasteiger partial charge in [0.05, 0.1) is 12.7 Å². The third-order valence-electron chi connectivity index (χ3n) is 6.05. The summed E-state index contributed by atoms with van der Waals surface area (Å²) in [5.74, 6) is 0.386. The number of nitrogens with zero attached hydrogens (tertiary/aromatic N) is 4. The van der Waals surface area contributed by atoms with Gasteiger partial charge in [0.1, 0.15) is 0 Å². The number of aromatic nitrogens is 3. The molecule has 2 aliphatic rings. The van der Waals surface area contributed by atoms with Crippen LogP contribution in [0.15, 0.2) is 37.1 Å². The highest BCUT2D eigenvalue weighted by atomic mass is 16.2. The SMILES string of the molecule is O=C1CC[C@@]2(CCCN(C(=O)Cc3cccnc3)C2)CN1CCc1cnc[nH]1. The van der Waals surface area contributed by atoms with E-state index in [2.05, 4.69) is 15.0 Å². The van der Waals surface area contributed by atoms with Crippen LogP contribution in [0.1, 0.15) is 36.9 Å². The number of likely N-dealkylation sites (tertiary alicyclic amines) is 2. The van der Waals surface area contributed by atoms with E-state index in [1.807, 2.05) is 28.1 Å². The summed E-state index contributed by atoms with van der Waals surface area (Å²) in [6.07, 6.45) is 11.7. The molecule has 1 N–H and O–H groups in total. The molecule has 2 aromatic heterocycles. The van der Waals surface area contributed by atoms with Gasteiger partial charge in [0.25, 0.3) is 0 Å². The summed E-state index contributed by atoms with van der Waals surface area (Å²) in [7, 11) is 0. The van der Waals surface area contributed by atoms with E-state index in [-0.39, 0.29) is 17.2 Å². The van der Waals surface area contributed by atoms with Gasteiger partial charge in [-0.15, -0.1) is 0 Å². The van der Waals surface area contributed by atoms with Crippen LogP contribution < -0.4 is 0 Å². The van der Waals surface area contributed by atoms with Crippen molar-refractivity contribution in [3.8, 4) is 0 Å². The molecule has 0 aliphatic carbocycles. The normalized spacial score (nSPS) is 22.6. The Labute approximate surface area is 165 Å². The number of imidazole rings is 1. The fourth-order valence-electron chi connectivity index (χ4n) is 4.53. The van der Waals surface area contributed by atoms with Crippen molar-refractivity contribution in [3.63, 3.8) is 0 Å². The van der Waals surface area contributed by atoms with E-state index in [1.165, 1.54) is 0 Å². The first kappa shape index (κ1) is 18.7. The second-order valence-electron chi connectivity index (χ2n) is 8.10. The van der Waals surface area contributed by atoms with Gasteiger partial charge in [0.15, 0.2) is 0 Å². The second-order valence-corrected chi connectivity index (χ2v) is 8.10. The molecule has 7 nitrogen and oxygen atoms in total. The van der Waals surface area contributed by atoms with Crippen LogP contribution >= 0.6 is 0 Å². The Morgan fingerprint density at radius 1 is 1.21 bits per heavy atom. The number of piperidine rings is 2. The average molecular weight is 381 g/mol. The number of hydrogen-bond acceptors (Lipinski definition) is 4. The zero-order valence-corrected chi connectivity index (χ0v) is 16.1. The number of nitrogens with one attached hydrogen (secondary N) is 1. The smallest absolute Gasteiger partial charge is 0.227 e. The first-order valence-corrected chi connectivity index (χ1v) is 10.1. The highest BCUT2D eigenvalue weighted by Gasteiger charge is 2.42. The van der Waals surface area contributed by atoms with E-state index in [9.17, 15) is 9.59 Å². The lowest BCUT2D eigenvalue weighted by Crippen LogP contribution is -2.55. The molecule has 28 heavy (non-hydrogen) atoms. The Bertz CT molecular complexity index is 807. The maximum absolute atomic E-state index is 12.8. The minimum atomic E-state index is 0.0325. The van der Waals surface area contributed by atoms with Crippen molar-refractivity contribution in [1.82, 2.24) is 24.8 Å². The molecule has 2 aliphatic heterocycles. The summed E-state index contributed by atoms with van der Waals surface area (Å²) >= 11 is 0. The van der Waals surface area contributed by atoms with Crippen molar-refractivity contribution in [3.05, 3.63) is 48.3 Å². The molecule has 0 radical (unpaired) electrons. The summed E-state index contributed by atoms with van der Waals surface area (Å²) in [4.78, 5) is 40.5. The van der Waals surface area contributed by atoms with Gasteiger partial charge >= 0.3 is 0 Å². The third kappa shape index (κ3) is 4.24. The molecule has 0 unspecified atom stereocenters. The predicted molar refractivity (Wildman–Crippen MR) is 104 cm³/mol. The van der Waals surface area contributed by atoms with Gasteiger partial charge in [-0.25, -0.2) is 4.98 Å². The highest BCUT2D eigenvalue weighted by molar-refractivity contribution is 5.79. The van der Waals surface area contributed by atoms with Crippen molar-refractivity contribution in [2.45, 2.75) is 38.5 Å². The van der Waals surface area contributed by atoms with E-state index in [1.54, 1.807) is 18.7 Å². The van der Waals surface area contributed by atoms with Gasteiger partial charge in [-0.2, -0.15) is 0 Å². The first-order valence-electron chi connectivity index (χ1n) is 10.1. The molecule has 2 amide bonds. The Morgan fingerprint density at radius 3 is 2.93 bits per heavy atom. The van der Waals surface area contributed by atoms with E-state index in [0.29, 0.717) is 19.4 Å². The summed E-state index contributed by atoms with van der Waals surface area (Å²) in [5, 5.41) is 0. The lowest BCUT2D eigenvalue weighted by Gasteiger charge is -2.48. The minimum absolute atomic E-state index is 0.0325. The molecule has 2 saturated heterocycles. The predicted octanol–water partition coefficient (Wildman–Crippen LogP) is 1.82. The largest absolute Gasteiger partial charge is 0.348 e. The number of aromatic amines is 1. The van der Waals surface area contributed by atoms with Crippen molar-refractivity contribution >= 4 is 11.8 Å². The van der Waals surface area contributed by atoms with E-state index in [4.69, 9.17) is 0 Å². The maximum Gasteiger partial charge on any atom is 0.227 e. The van der Waals surface area contributed by atoms with Crippen LogP contribution in [0.5, 0.6) is 0 Å². The molecule has 2 aromatic rings. The fourth-order valence-corrected chi connectivity index (χ4v) is 4.53. The molecule has 0 saturated carbocycles. The summed E-state index contributed by atoms with van der Waals surface area (Å²) in [5.41, 5.74) is 2.03. The molecule has 4 heterocycles. The molecule has 148 valence electrons. The molecule has 1 spiro atoms. The van der Waals surface area contributed by atoms with Gasteiger partial charge < -0.3 is 14.8 Å². The molecular formula is C21H27N5O2. The second kappa shape index (κ2) is 8.12. The number of H-pyrrole nitrogens is 1. The molecule has 7 heteroatoms. The number of carbonyl (C=O) groups excluding carboxylic acids is 2. The van der Waals surface area contributed by atoms with Crippen LogP contribution in [0.4, 0.5) is 0 Å². The number of rotatable bonds is 5. The molecule has 0 bridgehead atoms. The van der Waals surface area contributed by atoms with Crippen molar-refractivity contribution in [1.29, 1.82) is 0 Å². The van der Waals surface area contributed by atoms with Crippen molar-refractivity contribution in [2.75, 3.05) is 26.2 Å². The first-order chi connectivity index (χ1) is 13.6. The van der Waals surface area contributed by atoms with Crippen LogP contribution in [-0.2, 0) is 22.4 Å². The highest BCUT2D eigenvalue weighted by Crippen LogP contribution is 2.39. The van der Waals surface area contributed by atoms with E-state index >= 15 is 0 Å². The minimum Gasteiger partial charge on any atom is -0.348 e. The molecular weight excluding hydrogens is 354 g/mol. The number of carbonyl (C=O) groups is 2. The van der Waals surface area contributed by atoms with Gasteiger partial charge in [0, 0.05) is 68.7 Å². The monoisotopic (exact) mass is 381 g/mol. The zero-order valence-electron chi connectivity index (χ0n) is 16.1. The van der Waals surface area contributed by atoms with E-state index in [0.717, 1.165) is 56.6 Å². The topological polar surface area (TPSA) is 82.2 Å². The summed E-state index contributed by atoms with van der Waals surface area (Å²) in [6.45, 7) is 3.01. The number of hydrogen-bond donors (Lipinski definition) is 1. The van der Waals surface area contributed by atoms with Gasteiger partial charge in [-0.1, -0.05) is 6.07 Å². The summed E-state index contributed by atoms with van der Waals surface area (Å²) in [6, 6.07) is 3.81. The van der Waals surface area contributed by atoms with Crippen molar-refractivity contribution in [2.24, 2.45) is 5.41 Å². The van der Waals surface area contributed by atoms with E-state index < -0.39 is 0 Å². The quantitative estimate of drug-likeness (QED) is 0.857. The van der Waals surface area contributed by atoms with Crippen LogP contribution in [0.3, 0.4) is 0 Å². The Morgan fingerprint density at radius 2 is 2.14 bits per heavy atom. The van der Waals surface area contributed by atoms with Crippen molar-refractivity contribution < 1.29 is 9.59 Å². The Hall–Kier alpha value is -2.70. The van der Waals surface area contributed by atoms with Crippen LogP contribution in [0.25, 0.3) is 0 Å². The number of pyridine rings is 1. The fraction of sp³-hybridized carbons (Fsp3) is 0.524. The van der Waals surface area contributed by atoms with Gasteiger partial charge in [-0.05, 0) is 30.9 Å². The zero-order chi connectivity index (χ0) is 19.4. The Kier molecular flexibility index (Phi) is 5.41. The lowest BCUT2D eigenvalue weighted by atomic mass is 9.73.